The maximum Gasteiger partial charge on any atom is 0.232 e. The Hall–Kier alpha value is -2.94. The van der Waals surface area contributed by atoms with Crippen molar-refractivity contribution in [3.8, 4) is 17.0 Å². The highest BCUT2D eigenvalue weighted by molar-refractivity contribution is 6.35. The van der Waals surface area contributed by atoms with Gasteiger partial charge in [0, 0.05) is 42.0 Å². The molecule has 1 N–H and O–H groups in total. The van der Waals surface area contributed by atoms with Crippen molar-refractivity contribution in [2.45, 2.75) is 13.0 Å². The van der Waals surface area contributed by atoms with Gasteiger partial charge in [0.1, 0.15) is 28.4 Å². The van der Waals surface area contributed by atoms with Crippen LogP contribution in [0.2, 0.25) is 10.0 Å². The van der Waals surface area contributed by atoms with Crippen LogP contribution in [0.4, 0.5) is 10.2 Å². The van der Waals surface area contributed by atoms with E-state index in [1.54, 1.807) is 6.92 Å². The fourth-order valence-electron chi connectivity index (χ4n) is 4.59. The van der Waals surface area contributed by atoms with Gasteiger partial charge in [0.2, 0.25) is 5.95 Å². The molecule has 34 heavy (non-hydrogen) atoms. The summed E-state index contributed by atoms with van der Waals surface area (Å²) >= 11 is 12.3. The van der Waals surface area contributed by atoms with Crippen LogP contribution < -0.4 is 9.64 Å². The first-order valence-electron chi connectivity index (χ1n) is 10.9. The number of ether oxygens (including phenoxy) is 2. The summed E-state index contributed by atoms with van der Waals surface area (Å²) in [5, 5.41) is 8.52. The zero-order valence-electron chi connectivity index (χ0n) is 18.2. The van der Waals surface area contributed by atoms with Gasteiger partial charge in [-0.3, -0.25) is 5.10 Å². The molecule has 0 bridgehead atoms. The fraction of sp³-hybridized carbons (Fsp3) is 0.292. The van der Waals surface area contributed by atoms with Gasteiger partial charge in [-0.15, -0.1) is 0 Å². The van der Waals surface area contributed by atoms with Crippen molar-refractivity contribution >= 4 is 39.9 Å². The number of H-pyrrole nitrogens is 1. The molecule has 174 valence electrons. The van der Waals surface area contributed by atoms with Crippen molar-refractivity contribution in [1.29, 1.82) is 0 Å². The zero-order valence-corrected chi connectivity index (χ0v) is 19.7. The first-order chi connectivity index (χ1) is 16.4. The van der Waals surface area contributed by atoms with E-state index in [9.17, 15) is 4.39 Å². The Kier molecular flexibility index (Phi) is 5.13. The monoisotopic (exact) mass is 499 g/mol. The van der Waals surface area contributed by atoms with E-state index in [1.807, 2.05) is 36.5 Å². The Balaban J connectivity index is 1.24. The van der Waals surface area contributed by atoms with Crippen LogP contribution in [0.5, 0.6) is 5.75 Å². The number of pyridine rings is 2. The minimum atomic E-state index is -0.783. The van der Waals surface area contributed by atoms with Gasteiger partial charge in [0.05, 0.1) is 29.2 Å². The van der Waals surface area contributed by atoms with Gasteiger partial charge in [-0.25, -0.2) is 9.97 Å². The molecule has 5 heterocycles. The quantitative estimate of drug-likeness (QED) is 0.368. The van der Waals surface area contributed by atoms with Crippen LogP contribution in [0.25, 0.3) is 22.2 Å². The highest BCUT2D eigenvalue weighted by Gasteiger charge is 2.49. The lowest BCUT2D eigenvalue weighted by Gasteiger charge is -2.55. The lowest BCUT2D eigenvalue weighted by Crippen LogP contribution is -2.66. The van der Waals surface area contributed by atoms with E-state index in [0.717, 1.165) is 54.3 Å². The highest BCUT2D eigenvalue weighted by Crippen LogP contribution is 2.40. The second kappa shape index (κ2) is 8.08. The van der Waals surface area contributed by atoms with Gasteiger partial charge >= 0.3 is 0 Å². The number of benzene rings is 1. The summed E-state index contributed by atoms with van der Waals surface area (Å²) in [4.78, 5) is 10.5. The molecule has 1 atom stereocenters. The molecular formula is C24H20Cl2FN5O2. The molecule has 0 amide bonds. The molecule has 7 nitrogen and oxygen atoms in total. The van der Waals surface area contributed by atoms with E-state index in [4.69, 9.17) is 32.7 Å². The van der Waals surface area contributed by atoms with Crippen molar-refractivity contribution in [3.05, 3.63) is 64.3 Å². The molecular weight excluding hydrogens is 480 g/mol. The topological polar surface area (TPSA) is 76.2 Å². The summed E-state index contributed by atoms with van der Waals surface area (Å²) in [5.74, 6) is 0.747. The van der Waals surface area contributed by atoms with E-state index in [2.05, 4.69) is 25.1 Å². The predicted molar refractivity (Wildman–Crippen MR) is 128 cm³/mol. The van der Waals surface area contributed by atoms with Crippen LogP contribution >= 0.6 is 23.2 Å². The van der Waals surface area contributed by atoms with Crippen LogP contribution in [0.3, 0.4) is 0 Å². The van der Waals surface area contributed by atoms with E-state index in [-0.39, 0.29) is 10.0 Å². The second-order valence-electron chi connectivity index (χ2n) is 8.92. The SMILES string of the molecule is CC(Oc1ccc2[nH]nc(-c3ccc(N4CC5(COC5)C4)nc3)c2c1)c1c(Cl)cnc(F)c1Cl. The molecule has 0 radical (unpaired) electrons. The van der Waals surface area contributed by atoms with Crippen LogP contribution in [0.15, 0.2) is 42.7 Å². The Morgan fingerprint density at radius 3 is 2.68 bits per heavy atom. The minimum absolute atomic E-state index is 0.144. The number of aromatic amines is 1. The number of fused-ring (bicyclic) bond motifs is 1. The molecule has 4 aromatic rings. The number of halogens is 3. The first-order valence-corrected chi connectivity index (χ1v) is 11.6. The van der Waals surface area contributed by atoms with Gasteiger partial charge < -0.3 is 14.4 Å². The van der Waals surface area contributed by atoms with Gasteiger partial charge in [0.25, 0.3) is 0 Å². The van der Waals surface area contributed by atoms with Crippen LogP contribution in [-0.2, 0) is 4.74 Å². The lowest BCUT2D eigenvalue weighted by molar-refractivity contribution is -0.127. The molecule has 6 rings (SSSR count). The van der Waals surface area contributed by atoms with Crippen LogP contribution in [0, 0.1) is 11.4 Å². The van der Waals surface area contributed by atoms with Crippen molar-refractivity contribution < 1.29 is 13.9 Å². The van der Waals surface area contributed by atoms with Crippen LogP contribution in [-0.4, -0.2) is 46.5 Å². The predicted octanol–water partition coefficient (Wildman–Crippen LogP) is 5.44. The number of nitrogens with zero attached hydrogens (tertiary/aromatic N) is 4. The molecule has 2 fully saturated rings. The molecule has 1 aromatic carbocycles. The van der Waals surface area contributed by atoms with Gasteiger partial charge in [-0.05, 0) is 37.3 Å². The summed E-state index contributed by atoms with van der Waals surface area (Å²) in [6, 6.07) is 9.62. The zero-order chi connectivity index (χ0) is 23.4. The van der Waals surface area contributed by atoms with Crippen molar-refractivity contribution in [2.24, 2.45) is 5.41 Å². The number of anilines is 1. The second-order valence-corrected chi connectivity index (χ2v) is 9.70. The summed E-state index contributed by atoms with van der Waals surface area (Å²) in [5.41, 5.74) is 3.21. The standard InChI is InChI=1S/C24H20Cl2FN5O2/c1-13(20-17(25)8-29-23(27)21(20)26)34-15-3-4-18-16(6-15)22(31-30-18)14-2-5-19(28-7-14)32-9-24(10-32)11-33-12-24/h2-8,13H,9-12H2,1H3,(H,30,31). The minimum Gasteiger partial charge on any atom is -0.486 e. The Morgan fingerprint density at radius 1 is 1.15 bits per heavy atom. The van der Waals surface area contributed by atoms with Gasteiger partial charge in [0.15, 0.2) is 0 Å². The third-order valence-corrected chi connectivity index (χ3v) is 7.09. The summed E-state index contributed by atoms with van der Waals surface area (Å²) in [6.07, 6.45) is 2.47. The molecule has 1 unspecified atom stereocenters. The molecule has 2 aliphatic heterocycles. The number of nitrogens with one attached hydrogen (secondary N) is 1. The molecule has 0 aliphatic carbocycles. The lowest BCUT2D eigenvalue weighted by atomic mass is 9.78. The molecule has 10 heteroatoms. The third kappa shape index (κ3) is 3.57. The van der Waals surface area contributed by atoms with E-state index < -0.39 is 12.1 Å². The van der Waals surface area contributed by atoms with E-state index >= 15 is 0 Å². The fourth-order valence-corrected chi connectivity index (χ4v) is 5.24. The van der Waals surface area contributed by atoms with Crippen molar-refractivity contribution in [1.82, 2.24) is 20.2 Å². The van der Waals surface area contributed by atoms with Gasteiger partial charge in [-0.2, -0.15) is 9.49 Å². The van der Waals surface area contributed by atoms with Gasteiger partial charge in [-0.1, -0.05) is 23.2 Å². The Labute approximate surface area is 204 Å². The van der Waals surface area contributed by atoms with E-state index in [0.29, 0.717) is 16.7 Å². The highest BCUT2D eigenvalue weighted by atomic mass is 35.5. The molecule has 2 aliphatic rings. The first kappa shape index (κ1) is 21.6. The maximum absolute atomic E-state index is 13.8. The number of aromatic nitrogens is 4. The average Bonchev–Trinajstić information content (AvgIpc) is 3.18. The average molecular weight is 500 g/mol. The molecule has 1 spiro atoms. The number of hydrogen-bond donors (Lipinski definition) is 1. The van der Waals surface area contributed by atoms with Crippen LogP contribution in [0.1, 0.15) is 18.6 Å². The smallest absolute Gasteiger partial charge is 0.232 e. The van der Waals surface area contributed by atoms with E-state index in [1.165, 1.54) is 6.20 Å². The number of rotatable bonds is 5. The van der Waals surface area contributed by atoms with Crippen molar-refractivity contribution in [2.75, 3.05) is 31.2 Å². The number of hydrogen-bond acceptors (Lipinski definition) is 6. The Bertz CT molecular complexity index is 1380. The normalized spacial score (nSPS) is 17.5. The maximum atomic E-state index is 13.8. The Morgan fingerprint density at radius 2 is 1.97 bits per heavy atom. The van der Waals surface area contributed by atoms with Crippen molar-refractivity contribution in [3.63, 3.8) is 0 Å². The third-order valence-electron chi connectivity index (χ3n) is 6.43. The molecule has 3 aromatic heterocycles. The molecule has 2 saturated heterocycles. The summed E-state index contributed by atoms with van der Waals surface area (Å²) in [7, 11) is 0. The summed E-state index contributed by atoms with van der Waals surface area (Å²) < 4.78 is 25.2. The summed E-state index contributed by atoms with van der Waals surface area (Å²) in [6.45, 7) is 5.42. The largest absolute Gasteiger partial charge is 0.486 e. The molecule has 0 saturated carbocycles.